The second kappa shape index (κ2) is 5.55. The molecule has 0 radical (unpaired) electrons. The Morgan fingerprint density at radius 1 is 1.39 bits per heavy atom. The maximum absolute atomic E-state index is 12.7. The van der Waals surface area contributed by atoms with Gasteiger partial charge in [-0.15, -0.1) is 0 Å². The van der Waals surface area contributed by atoms with Crippen LogP contribution in [0.1, 0.15) is 20.8 Å². The van der Waals surface area contributed by atoms with Crippen molar-refractivity contribution in [1.29, 1.82) is 0 Å². The zero-order chi connectivity index (χ0) is 13.2. The number of carbonyl (C=O) groups excluding carboxylic acids is 1. The smallest absolute Gasteiger partial charge is 0.230 e. The fraction of sp³-hybridized carbons (Fsp3) is 0.923. The third kappa shape index (κ3) is 2.68. The lowest BCUT2D eigenvalue weighted by Crippen LogP contribution is -2.59. The van der Waals surface area contributed by atoms with Crippen molar-refractivity contribution in [3.8, 4) is 0 Å². The molecule has 0 aromatic rings. The summed E-state index contributed by atoms with van der Waals surface area (Å²) in [5, 5.41) is 3.34. The Kier molecular flexibility index (Phi) is 4.25. The van der Waals surface area contributed by atoms with Gasteiger partial charge in [-0.05, 0) is 20.4 Å². The van der Waals surface area contributed by atoms with Crippen LogP contribution in [0.2, 0.25) is 0 Å². The van der Waals surface area contributed by atoms with Crippen LogP contribution in [0.3, 0.4) is 0 Å². The molecular formula is C13H24N2O3. The highest BCUT2D eigenvalue weighted by Gasteiger charge is 2.41. The molecule has 0 aromatic heterocycles. The van der Waals surface area contributed by atoms with E-state index in [1.165, 1.54) is 0 Å². The molecule has 0 bridgehead atoms. The molecule has 2 atom stereocenters. The van der Waals surface area contributed by atoms with Crippen molar-refractivity contribution in [3.05, 3.63) is 0 Å². The molecular weight excluding hydrogens is 232 g/mol. The molecule has 1 amide bonds. The maximum atomic E-state index is 12.7. The normalized spacial score (nSPS) is 31.6. The van der Waals surface area contributed by atoms with Crippen LogP contribution < -0.4 is 5.32 Å². The molecule has 1 N–H and O–H groups in total. The maximum Gasteiger partial charge on any atom is 0.230 e. The minimum Gasteiger partial charge on any atom is -0.379 e. The second-order valence-electron chi connectivity index (χ2n) is 5.66. The van der Waals surface area contributed by atoms with Crippen LogP contribution in [-0.2, 0) is 14.3 Å². The number of hydrogen-bond donors (Lipinski definition) is 1. The summed E-state index contributed by atoms with van der Waals surface area (Å²) in [4.78, 5) is 14.6. The third-order valence-electron chi connectivity index (χ3n) is 3.78. The van der Waals surface area contributed by atoms with E-state index in [4.69, 9.17) is 9.47 Å². The number of rotatable bonds is 3. The summed E-state index contributed by atoms with van der Waals surface area (Å²) < 4.78 is 10.9. The number of nitrogens with one attached hydrogen (secondary N) is 1. The number of likely N-dealkylation sites (N-methyl/N-ethyl adjacent to an activating group) is 1. The fourth-order valence-corrected chi connectivity index (χ4v) is 2.73. The van der Waals surface area contributed by atoms with Gasteiger partial charge >= 0.3 is 0 Å². The van der Waals surface area contributed by atoms with Gasteiger partial charge in [-0.2, -0.15) is 0 Å². The van der Waals surface area contributed by atoms with Gasteiger partial charge in [0.15, 0.2) is 0 Å². The first kappa shape index (κ1) is 13.8. The molecule has 2 unspecified atom stereocenters. The second-order valence-corrected chi connectivity index (χ2v) is 5.66. The summed E-state index contributed by atoms with van der Waals surface area (Å²) >= 11 is 0. The summed E-state index contributed by atoms with van der Waals surface area (Å²) in [5.41, 5.74) is -0.214. The number of carbonyl (C=O) groups is 1. The number of ether oxygens (including phenoxy) is 2. The molecule has 2 fully saturated rings. The lowest BCUT2D eigenvalue weighted by molar-refractivity contribution is -0.151. The highest BCUT2D eigenvalue weighted by Crippen LogP contribution is 2.25. The van der Waals surface area contributed by atoms with E-state index in [2.05, 4.69) is 26.1 Å². The Morgan fingerprint density at radius 3 is 2.83 bits per heavy atom. The van der Waals surface area contributed by atoms with E-state index in [9.17, 15) is 4.79 Å². The highest BCUT2D eigenvalue weighted by molar-refractivity contribution is 5.81. The fourth-order valence-electron chi connectivity index (χ4n) is 2.73. The SMILES string of the molecule is CCNC1COCC1C(=O)N1CCOCC1(C)C. The van der Waals surface area contributed by atoms with Gasteiger partial charge in [0.05, 0.1) is 37.9 Å². The quantitative estimate of drug-likeness (QED) is 0.786. The molecule has 2 heterocycles. The van der Waals surface area contributed by atoms with Crippen molar-refractivity contribution in [2.75, 3.05) is 39.5 Å². The first-order valence-electron chi connectivity index (χ1n) is 6.76. The Labute approximate surface area is 109 Å². The molecule has 0 aliphatic carbocycles. The minimum absolute atomic E-state index is 0.0534. The van der Waals surface area contributed by atoms with Gasteiger partial charge < -0.3 is 19.7 Å². The number of morpholine rings is 1. The summed E-state index contributed by atoms with van der Waals surface area (Å²) in [6.07, 6.45) is 0. The van der Waals surface area contributed by atoms with Gasteiger partial charge in [0.25, 0.3) is 0 Å². The molecule has 104 valence electrons. The molecule has 18 heavy (non-hydrogen) atoms. The van der Waals surface area contributed by atoms with Gasteiger partial charge in [0.1, 0.15) is 0 Å². The van der Waals surface area contributed by atoms with E-state index in [1.54, 1.807) is 0 Å². The van der Waals surface area contributed by atoms with Gasteiger partial charge in [0, 0.05) is 12.6 Å². The Morgan fingerprint density at radius 2 is 2.17 bits per heavy atom. The number of amides is 1. The van der Waals surface area contributed by atoms with E-state index < -0.39 is 0 Å². The molecule has 2 aliphatic heterocycles. The third-order valence-corrected chi connectivity index (χ3v) is 3.78. The van der Waals surface area contributed by atoms with Crippen LogP contribution in [0.5, 0.6) is 0 Å². The van der Waals surface area contributed by atoms with Crippen molar-refractivity contribution in [1.82, 2.24) is 10.2 Å². The van der Waals surface area contributed by atoms with Crippen LogP contribution in [0.4, 0.5) is 0 Å². The van der Waals surface area contributed by atoms with Crippen LogP contribution in [0.15, 0.2) is 0 Å². The molecule has 2 rings (SSSR count). The van der Waals surface area contributed by atoms with E-state index in [0.717, 1.165) is 6.54 Å². The van der Waals surface area contributed by atoms with E-state index in [0.29, 0.717) is 33.0 Å². The minimum atomic E-state index is -0.214. The molecule has 0 saturated carbocycles. The predicted molar refractivity (Wildman–Crippen MR) is 68.4 cm³/mol. The van der Waals surface area contributed by atoms with Crippen LogP contribution in [0, 0.1) is 5.92 Å². The molecule has 0 spiro atoms. The first-order chi connectivity index (χ1) is 8.56. The predicted octanol–water partition coefficient (Wildman–Crippen LogP) is 0.248. The van der Waals surface area contributed by atoms with Crippen molar-refractivity contribution in [2.45, 2.75) is 32.4 Å². The summed E-state index contributed by atoms with van der Waals surface area (Å²) in [6.45, 7) is 10.1. The summed E-state index contributed by atoms with van der Waals surface area (Å²) in [6, 6.07) is 0.154. The molecule has 5 heteroatoms. The van der Waals surface area contributed by atoms with Crippen LogP contribution in [-0.4, -0.2) is 61.9 Å². The van der Waals surface area contributed by atoms with Crippen molar-refractivity contribution < 1.29 is 14.3 Å². The van der Waals surface area contributed by atoms with E-state index in [1.807, 2.05) is 4.90 Å². The Hall–Kier alpha value is -0.650. The van der Waals surface area contributed by atoms with E-state index in [-0.39, 0.29) is 23.4 Å². The standard InChI is InChI=1S/C13H24N2O3/c1-4-14-11-8-18-7-10(11)12(16)15-5-6-17-9-13(15,2)3/h10-11,14H,4-9H2,1-3H3. The van der Waals surface area contributed by atoms with Crippen LogP contribution >= 0.6 is 0 Å². The molecule has 0 aromatic carbocycles. The van der Waals surface area contributed by atoms with Gasteiger partial charge in [-0.3, -0.25) is 4.79 Å². The average Bonchev–Trinajstić information content (AvgIpc) is 2.76. The average molecular weight is 256 g/mol. The van der Waals surface area contributed by atoms with Crippen molar-refractivity contribution in [2.24, 2.45) is 5.92 Å². The highest BCUT2D eigenvalue weighted by atomic mass is 16.5. The summed E-state index contributed by atoms with van der Waals surface area (Å²) in [7, 11) is 0. The van der Waals surface area contributed by atoms with Gasteiger partial charge in [0.2, 0.25) is 5.91 Å². The number of hydrogen-bond acceptors (Lipinski definition) is 4. The van der Waals surface area contributed by atoms with Crippen molar-refractivity contribution >= 4 is 5.91 Å². The van der Waals surface area contributed by atoms with Crippen LogP contribution in [0.25, 0.3) is 0 Å². The monoisotopic (exact) mass is 256 g/mol. The molecule has 5 nitrogen and oxygen atoms in total. The largest absolute Gasteiger partial charge is 0.379 e. The summed E-state index contributed by atoms with van der Waals surface area (Å²) in [5.74, 6) is 0.147. The zero-order valence-corrected chi connectivity index (χ0v) is 11.6. The Bertz CT molecular complexity index is 307. The van der Waals surface area contributed by atoms with Gasteiger partial charge in [-0.25, -0.2) is 0 Å². The first-order valence-corrected chi connectivity index (χ1v) is 6.76. The lowest BCUT2D eigenvalue weighted by atomic mass is 9.96. The molecule has 2 aliphatic rings. The topological polar surface area (TPSA) is 50.8 Å². The zero-order valence-electron chi connectivity index (χ0n) is 11.6. The van der Waals surface area contributed by atoms with Crippen molar-refractivity contribution in [3.63, 3.8) is 0 Å². The Balaban J connectivity index is 2.05. The molecule has 2 saturated heterocycles. The van der Waals surface area contributed by atoms with Gasteiger partial charge in [-0.1, -0.05) is 6.92 Å². The van der Waals surface area contributed by atoms with E-state index >= 15 is 0 Å². The lowest BCUT2D eigenvalue weighted by Gasteiger charge is -2.43. The number of nitrogens with zero attached hydrogens (tertiary/aromatic N) is 1.